The molecule has 0 aromatic carbocycles. The molecule has 0 radical (unpaired) electrons. The van der Waals surface area contributed by atoms with E-state index in [0.29, 0.717) is 0 Å². The third kappa shape index (κ3) is 1.31. The molecule has 2 fully saturated rings. The van der Waals surface area contributed by atoms with E-state index in [0.717, 1.165) is 24.5 Å². The van der Waals surface area contributed by atoms with Gasteiger partial charge in [-0.05, 0) is 43.9 Å². The number of rotatable bonds is 4. The molecule has 0 spiro atoms. The number of hydrogen-bond donors (Lipinski definition) is 0. The van der Waals surface area contributed by atoms with Gasteiger partial charge < -0.3 is 4.74 Å². The summed E-state index contributed by atoms with van der Waals surface area (Å²) in [7, 11) is 0. The summed E-state index contributed by atoms with van der Waals surface area (Å²) in [6, 6.07) is 0. The Bertz CT molecular complexity index is 144. The molecular formula is C10H18O. The van der Waals surface area contributed by atoms with E-state index in [-0.39, 0.29) is 0 Å². The van der Waals surface area contributed by atoms with Crippen LogP contribution in [0.2, 0.25) is 0 Å². The molecule has 2 rings (SSSR count). The van der Waals surface area contributed by atoms with Crippen molar-refractivity contribution in [1.29, 1.82) is 0 Å². The Kier molecular flexibility index (Phi) is 1.92. The quantitative estimate of drug-likeness (QED) is 0.565. The van der Waals surface area contributed by atoms with Crippen LogP contribution in [0.15, 0.2) is 0 Å². The van der Waals surface area contributed by atoms with Crippen LogP contribution in [0.1, 0.15) is 39.0 Å². The Morgan fingerprint density at radius 3 is 3.00 bits per heavy atom. The Balaban J connectivity index is 1.70. The first-order chi connectivity index (χ1) is 5.37. The van der Waals surface area contributed by atoms with Gasteiger partial charge in [-0.15, -0.1) is 0 Å². The number of ether oxygens (including phenoxy) is 1. The summed E-state index contributed by atoms with van der Waals surface area (Å²) in [5.41, 5.74) is 0.787. The van der Waals surface area contributed by atoms with E-state index in [1.807, 2.05) is 0 Å². The lowest BCUT2D eigenvalue weighted by Crippen LogP contribution is -2.04. The zero-order chi connectivity index (χ0) is 7.73. The van der Waals surface area contributed by atoms with Crippen LogP contribution in [-0.2, 0) is 4.74 Å². The zero-order valence-electron chi connectivity index (χ0n) is 7.44. The molecule has 2 aliphatic carbocycles. The van der Waals surface area contributed by atoms with Crippen LogP contribution in [0.25, 0.3) is 0 Å². The van der Waals surface area contributed by atoms with E-state index >= 15 is 0 Å². The van der Waals surface area contributed by atoms with E-state index in [4.69, 9.17) is 4.74 Å². The summed E-state index contributed by atoms with van der Waals surface area (Å²) in [5, 5.41) is 0. The van der Waals surface area contributed by atoms with Crippen molar-refractivity contribution in [1.82, 2.24) is 0 Å². The third-order valence-corrected chi connectivity index (χ3v) is 3.53. The minimum atomic E-state index is 0.787. The van der Waals surface area contributed by atoms with Crippen molar-refractivity contribution >= 4 is 0 Å². The molecule has 0 aromatic rings. The minimum absolute atomic E-state index is 0.787. The van der Waals surface area contributed by atoms with Crippen molar-refractivity contribution in [2.75, 3.05) is 13.2 Å². The van der Waals surface area contributed by atoms with Crippen LogP contribution in [-0.4, -0.2) is 13.2 Å². The molecule has 0 aliphatic heterocycles. The largest absolute Gasteiger partial charge is 0.382 e. The van der Waals surface area contributed by atoms with Gasteiger partial charge in [0.1, 0.15) is 0 Å². The van der Waals surface area contributed by atoms with E-state index in [2.05, 4.69) is 6.92 Å². The highest BCUT2D eigenvalue weighted by Gasteiger charge is 2.55. The van der Waals surface area contributed by atoms with Crippen molar-refractivity contribution in [3.63, 3.8) is 0 Å². The van der Waals surface area contributed by atoms with Crippen LogP contribution in [0, 0.1) is 11.3 Å². The van der Waals surface area contributed by atoms with Crippen LogP contribution in [0.3, 0.4) is 0 Å². The van der Waals surface area contributed by atoms with Crippen molar-refractivity contribution in [3.05, 3.63) is 0 Å². The molecule has 2 saturated carbocycles. The second-order valence-electron chi connectivity index (χ2n) is 4.10. The Morgan fingerprint density at radius 2 is 2.45 bits per heavy atom. The lowest BCUT2D eigenvalue weighted by molar-refractivity contribution is 0.127. The molecule has 64 valence electrons. The molecule has 0 heterocycles. The van der Waals surface area contributed by atoms with Crippen molar-refractivity contribution < 1.29 is 4.74 Å². The fourth-order valence-corrected chi connectivity index (χ4v) is 2.70. The Labute approximate surface area is 69.1 Å². The fourth-order valence-electron chi connectivity index (χ4n) is 2.70. The monoisotopic (exact) mass is 154 g/mol. The first-order valence-corrected chi connectivity index (χ1v) is 4.95. The van der Waals surface area contributed by atoms with Crippen molar-refractivity contribution in [3.8, 4) is 0 Å². The molecule has 0 amide bonds. The van der Waals surface area contributed by atoms with E-state index < -0.39 is 0 Å². The molecule has 0 bridgehead atoms. The maximum absolute atomic E-state index is 5.39. The normalized spacial score (nSPS) is 40.6. The van der Waals surface area contributed by atoms with E-state index in [1.54, 1.807) is 0 Å². The Morgan fingerprint density at radius 1 is 1.55 bits per heavy atom. The van der Waals surface area contributed by atoms with E-state index in [1.165, 1.54) is 32.1 Å². The molecule has 2 atom stereocenters. The summed E-state index contributed by atoms with van der Waals surface area (Å²) >= 11 is 0. The molecule has 2 unspecified atom stereocenters. The van der Waals surface area contributed by atoms with Gasteiger partial charge in [-0.25, -0.2) is 0 Å². The molecule has 0 saturated heterocycles. The Hall–Kier alpha value is -0.0400. The SMILES string of the molecule is CCOCCC12CCCC1C2. The lowest BCUT2D eigenvalue weighted by Gasteiger charge is -2.10. The highest BCUT2D eigenvalue weighted by Crippen LogP contribution is 2.65. The van der Waals surface area contributed by atoms with Gasteiger partial charge in [0.15, 0.2) is 0 Å². The van der Waals surface area contributed by atoms with Crippen molar-refractivity contribution in [2.45, 2.75) is 39.0 Å². The second kappa shape index (κ2) is 2.78. The average molecular weight is 154 g/mol. The van der Waals surface area contributed by atoms with Gasteiger partial charge >= 0.3 is 0 Å². The third-order valence-electron chi connectivity index (χ3n) is 3.53. The first kappa shape index (κ1) is 7.60. The number of hydrogen-bond acceptors (Lipinski definition) is 1. The van der Waals surface area contributed by atoms with Crippen LogP contribution in [0.4, 0.5) is 0 Å². The maximum atomic E-state index is 5.39. The second-order valence-corrected chi connectivity index (χ2v) is 4.10. The predicted octanol–water partition coefficient (Wildman–Crippen LogP) is 2.60. The molecule has 1 heteroatoms. The summed E-state index contributed by atoms with van der Waals surface area (Å²) < 4.78 is 5.39. The summed E-state index contributed by atoms with van der Waals surface area (Å²) in [6.07, 6.45) is 7.33. The van der Waals surface area contributed by atoms with Crippen LogP contribution >= 0.6 is 0 Å². The van der Waals surface area contributed by atoms with Gasteiger partial charge in [0.25, 0.3) is 0 Å². The summed E-state index contributed by atoms with van der Waals surface area (Å²) in [5.74, 6) is 1.10. The predicted molar refractivity (Wildman–Crippen MR) is 45.5 cm³/mol. The van der Waals surface area contributed by atoms with Crippen LogP contribution in [0.5, 0.6) is 0 Å². The van der Waals surface area contributed by atoms with Crippen molar-refractivity contribution in [2.24, 2.45) is 11.3 Å². The van der Waals surface area contributed by atoms with Gasteiger partial charge in [-0.2, -0.15) is 0 Å². The topological polar surface area (TPSA) is 9.23 Å². The van der Waals surface area contributed by atoms with Gasteiger partial charge in [-0.1, -0.05) is 6.42 Å². The van der Waals surface area contributed by atoms with Gasteiger partial charge in [-0.3, -0.25) is 0 Å². The molecular weight excluding hydrogens is 136 g/mol. The highest BCUT2D eigenvalue weighted by molar-refractivity contribution is 5.05. The number of fused-ring (bicyclic) bond motifs is 1. The molecule has 2 aliphatic rings. The maximum Gasteiger partial charge on any atom is 0.0471 e. The lowest BCUT2D eigenvalue weighted by atomic mass is 10.0. The van der Waals surface area contributed by atoms with Crippen LogP contribution < -0.4 is 0 Å². The molecule has 0 aromatic heterocycles. The standard InChI is InChI=1S/C10H18O/c1-2-11-7-6-10-5-3-4-9(10)8-10/h9H,2-8H2,1H3. The van der Waals surface area contributed by atoms with Gasteiger partial charge in [0.2, 0.25) is 0 Å². The molecule has 11 heavy (non-hydrogen) atoms. The molecule has 0 N–H and O–H groups in total. The van der Waals surface area contributed by atoms with Gasteiger partial charge in [0.05, 0.1) is 0 Å². The smallest absolute Gasteiger partial charge is 0.0471 e. The van der Waals surface area contributed by atoms with E-state index in [9.17, 15) is 0 Å². The minimum Gasteiger partial charge on any atom is -0.382 e. The average Bonchev–Trinajstić information content (AvgIpc) is 2.55. The fraction of sp³-hybridized carbons (Fsp3) is 1.00. The zero-order valence-corrected chi connectivity index (χ0v) is 7.44. The summed E-state index contributed by atoms with van der Waals surface area (Å²) in [6.45, 7) is 3.98. The first-order valence-electron chi connectivity index (χ1n) is 4.95. The van der Waals surface area contributed by atoms with Gasteiger partial charge in [0, 0.05) is 13.2 Å². The molecule has 1 nitrogen and oxygen atoms in total. The highest BCUT2D eigenvalue weighted by atomic mass is 16.5. The summed E-state index contributed by atoms with van der Waals surface area (Å²) in [4.78, 5) is 0.